The third-order valence-corrected chi connectivity index (χ3v) is 2.55. The molecule has 0 aromatic rings. The maximum Gasteiger partial charge on any atom is -0.00487 e. The maximum atomic E-state index is 5.50. The van der Waals surface area contributed by atoms with Crippen LogP contribution in [0.4, 0.5) is 0 Å². The van der Waals surface area contributed by atoms with E-state index in [1.165, 1.54) is 12.8 Å². The summed E-state index contributed by atoms with van der Waals surface area (Å²) in [7, 11) is 0. The highest BCUT2D eigenvalue weighted by Crippen LogP contribution is 2.37. The Hall–Kier alpha value is -0.0400. The first-order valence-corrected chi connectivity index (χ1v) is 3.94. The lowest BCUT2D eigenvalue weighted by molar-refractivity contribution is 0.148. The van der Waals surface area contributed by atoms with Crippen molar-refractivity contribution < 1.29 is 0 Å². The van der Waals surface area contributed by atoms with E-state index in [4.69, 9.17) is 5.73 Å². The van der Waals surface area contributed by atoms with E-state index >= 15 is 0 Å². The fourth-order valence-corrected chi connectivity index (χ4v) is 1.52. The molecule has 0 heterocycles. The highest BCUT2D eigenvalue weighted by atomic mass is 14.6. The van der Waals surface area contributed by atoms with Gasteiger partial charge in [-0.1, -0.05) is 13.8 Å². The van der Waals surface area contributed by atoms with E-state index in [1.807, 2.05) is 0 Å². The Bertz CT molecular complexity index is 82.6. The second-order valence-electron chi connectivity index (χ2n) is 3.58. The summed E-state index contributed by atoms with van der Waals surface area (Å²) >= 11 is 0. The van der Waals surface area contributed by atoms with Gasteiger partial charge in [-0.05, 0) is 37.1 Å². The van der Waals surface area contributed by atoms with Crippen LogP contribution in [0.5, 0.6) is 0 Å². The Labute approximate surface area is 57.6 Å². The highest BCUT2D eigenvalue weighted by Gasteiger charge is 2.29. The Morgan fingerprint density at radius 2 is 2.00 bits per heavy atom. The van der Waals surface area contributed by atoms with Gasteiger partial charge in [-0.3, -0.25) is 0 Å². The molecule has 1 saturated carbocycles. The van der Waals surface area contributed by atoms with E-state index in [0.29, 0.717) is 0 Å². The van der Waals surface area contributed by atoms with Gasteiger partial charge >= 0.3 is 0 Å². The van der Waals surface area contributed by atoms with Crippen LogP contribution >= 0.6 is 0 Å². The zero-order valence-corrected chi connectivity index (χ0v) is 6.43. The Balaban J connectivity index is 2.12. The monoisotopic (exact) mass is 127 g/mol. The molecule has 1 rings (SSSR count). The van der Waals surface area contributed by atoms with Gasteiger partial charge in [0.05, 0.1) is 0 Å². The largest absolute Gasteiger partial charge is 0.330 e. The highest BCUT2D eigenvalue weighted by molar-refractivity contribution is 4.81. The van der Waals surface area contributed by atoms with Crippen LogP contribution < -0.4 is 5.73 Å². The molecule has 1 fully saturated rings. The fraction of sp³-hybridized carbons (Fsp3) is 1.00. The average Bonchev–Trinajstić information content (AvgIpc) is 1.61. The van der Waals surface area contributed by atoms with E-state index in [-0.39, 0.29) is 0 Å². The Morgan fingerprint density at radius 1 is 1.44 bits per heavy atom. The smallest absolute Gasteiger partial charge is 0.00487 e. The van der Waals surface area contributed by atoms with Crippen molar-refractivity contribution in [2.75, 3.05) is 6.54 Å². The second kappa shape index (κ2) is 2.70. The van der Waals surface area contributed by atoms with Gasteiger partial charge in [0.2, 0.25) is 0 Å². The molecule has 0 bridgehead atoms. The molecule has 0 aromatic carbocycles. The molecule has 0 atom stereocenters. The molecular formula is C8H17N. The van der Waals surface area contributed by atoms with E-state index in [2.05, 4.69) is 13.8 Å². The van der Waals surface area contributed by atoms with Crippen molar-refractivity contribution in [1.82, 2.24) is 0 Å². The van der Waals surface area contributed by atoms with Crippen molar-refractivity contribution in [3.63, 3.8) is 0 Å². The normalized spacial score (nSPS) is 34.7. The molecule has 0 unspecified atom stereocenters. The van der Waals surface area contributed by atoms with E-state index in [9.17, 15) is 0 Å². The van der Waals surface area contributed by atoms with E-state index in [1.54, 1.807) is 0 Å². The van der Waals surface area contributed by atoms with Gasteiger partial charge in [0.25, 0.3) is 0 Å². The van der Waals surface area contributed by atoms with Crippen LogP contribution in [0.2, 0.25) is 0 Å². The molecular weight excluding hydrogens is 110 g/mol. The van der Waals surface area contributed by atoms with Crippen molar-refractivity contribution in [2.24, 2.45) is 23.5 Å². The maximum absolute atomic E-state index is 5.50. The molecule has 0 aliphatic heterocycles. The molecule has 2 N–H and O–H groups in total. The molecule has 54 valence electrons. The molecule has 1 heteroatoms. The van der Waals surface area contributed by atoms with Crippen molar-refractivity contribution in [2.45, 2.75) is 26.7 Å². The van der Waals surface area contributed by atoms with Crippen LogP contribution in [0.25, 0.3) is 0 Å². The zero-order valence-electron chi connectivity index (χ0n) is 6.43. The van der Waals surface area contributed by atoms with Gasteiger partial charge in [-0.15, -0.1) is 0 Å². The summed E-state index contributed by atoms with van der Waals surface area (Å²) in [6, 6.07) is 0. The molecule has 1 aliphatic carbocycles. The summed E-state index contributed by atoms with van der Waals surface area (Å²) in [5.41, 5.74) is 5.50. The summed E-state index contributed by atoms with van der Waals surface area (Å²) in [4.78, 5) is 0. The molecule has 1 aliphatic rings. The molecule has 0 radical (unpaired) electrons. The van der Waals surface area contributed by atoms with Gasteiger partial charge < -0.3 is 5.73 Å². The number of hydrogen-bond donors (Lipinski definition) is 1. The van der Waals surface area contributed by atoms with Gasteiger partial charge in [0.1, 0.15) is 0 Å². The average molecular weight is 127 g/mol. The van der Waals surface area contributed by atoms with Crippen LogP contribution in [0.3, 0.4) is 0 Å². The molecule has 9 heavy (non-hydrogen) atoms. The third-order valence-electron chi connectivity index (χ3n) is 2.55. The summed E-state index contributed by atoms with van der Waals surface area (Å²) in [5, 5.41) is 0. The standard InChI is InChI=1S/C8H17N/c1-6(2)8-3-7(4-8)5-9/h6-8H,3-5,9H2,1-2H3/t7-,8+. The van der Waals surface area contributed by atoms with Gasteiger partial charge in [-0.2, -0.15) is 0 Å². The number of hydrogen-bond acceptors (Lipinski definition) is 1. The van der Waals surface area contributed by atoms with E-state index < -0.39 is 0 Å². The first-order valence-electron chi connectivity index (χ1n) is 3.94. The van der Waals surface area contributed by atoms with Gasteiger partial charge in [-0.25, -0.2) is 0 Å². The molecule has 0 spiro atoms. The summed E-state index contributed by atoms with van der Waals surface area (Å²) in [5.74, 6) is 2.73. The minimum Gasteiger partial charge on any atom is -0.330 e. The topological polar surface area (TPSA) is 26.0 Å². The third kappa shape index (κ3) is 1.45. The molecule has 0 aromatic heterocycles. The van der Waals surface area contributed by atoms with Crippen molar-refractivity contribution in [3.8, 4) is 0 Å². The molecule has 0 amide bonds. The van der Waals surface area contributed by atoms with Gasteiger partial charge in [0, 0.05) is 0 Å². The minimum absolute atomic E-state index is 0.859. The van der Waals surface area contributed by atoms with Crippen LogP contribution in [-0.2, 0) is 0 Å². The molecule has 0 saturated heterocycles. The van der Waals surface area contributed by atoms with Crippen molar-refractivity contribution >= 4 is 0 Å². The van der Waals surface area contributed by atoms with Gasteiger partial charge in [0.15, 0.2) is 0 Å². The lowest BCUT2D eigenvalue weighted by Crippen LogP contribution is -2.32. The summed E-state index contributed by atoms with van der Waals surface area (Å²) in [6.45, 7) is 5.51. The van der Waals surface area contributed by atoms with Crippen molar-refractivity contribution in [1.29, 1.82) is 0 Å². The number of rotatable bonds is 2. The number of nitrogens with two attached hydrogens (primary N) is 1. The SMILES string of the molecule is CC(C)[C@H]1C[C@@H](CN)C1. The first kappa shape index (κ1) is 7.07. The van der Waals surface area contributed by atoms with Crippen LogP contribution in [0, 0.1) is 17.8 Å². The lowest BCUT2D eigenvalue weighted by atomic mass is 9.70. The predicted molar refractivity (Wildman–Crippen MR) is 40.1 cm³/mol. The van der Waals surface area contributed by atoms with Crippen LogP contribution in [0.15, 0.2) is 0 Å². The quantitative estimate of drug-likeness (QED) is 0.599. The second-order valence-corrected chi connectivity index (χ2v) is 3.58. The Morgan fingerprint density at radius 3 is 2.33 bits per heavy atom. The zero-order chi connectivity index (χ0) is 6.85. The van der Waals surface area contributed by atoms with Crippen molar-refractivity contribution in [3.05, 3.63) is 0 Å². The van der Waals surface area contributed by atoms with E-state index in [0.717, 1.165) is 24.3 Å². The lowest BCUT2D eigenvalue weighted by Gasteiger charge is -2.37. The summed E-state index contributed by atoms with van der Waals surface area (Å²) < 4.78 is 0. The first-order chi connectivity index (χ1) is 4.24. The van der Waals surface area contributed by atoms with Crippen LogP contribution in [-0.4, -0.2) is 6.54 Å². The minimum atomic E-state index is 0.859. The molecule has 1 nitrogen and oxygen atoms in total. The predicted octanol–water partition coefficient (Wildman–Crippen LogP) is 1.63. The summed E-state index contributed by atoms with van der Waals surface area (Å²) in [6.07, 6.45) is 2.77. The Kier molecular flexibility index (Phi) is 2.12. The van der Waals surface area contributed by atoms with Crippen LogP contribution in [0.1, 0.15) is 26.7 Å². The fourth-order valence-electron chi connectivity index (χ4n) is 1.52.